The zero-order valence-electron chi connectivity index (χ0n) is 23.7. The van der Waals surface area contributed by atoms with Gasteiger partial charge in [-0.25, -0.2) is 0 Å². The van der Waals surface area contributed by atoms with Gasteiger partial charge in [0.1, 0.15) is 6.61 Å². The summed E-state index contributed by atoms with van der Waals surface area (Å²) >= 11 is 5.50. The molecule has 0 amide bonds. The van der Waals surface area contributed by atoms with Crippen molar-refractivity contribution in [1.82, 2.24) is 0 Å². The minimum atomic E-state index is -0.188. The molecule has 12 nitrogen and oxygen atoms in total. The molecule has 0 bridgehead atoms. The van der Waals surface area contributed by atoms with Gasteiger partial charge >= 0.3 is 5.97 Å². The van der Waals surface area contributed by atoms with Crippen molar-refractivity contribution in [3.63, 3.8) is 0 Å². The number of carbonyl (C=O) groups excluding carboxylic acids is 1. The van der Waals surface area contributed by atoms with Crippen LogP contribution in [0.4, 0.5) is 0 Å². The molecule has 39 heavy (non-hydrogen) atoms. The summed E-state index contributed by atoms with van der Waals surface area (Å²) in [5.41, 5.74) is 0. The maximum absolute atomic E-state index is 11.2. The van der Waals surface area contributed by atoms with Gasteiger partial charge in [0.25, 0.3) is 0 Å². The highest BCUT2D eigenvalue weighted by Crippen LogP contribution is 1.91. The van der Waals surface area contributed by atoms with Gasteiger partial charge in [0, 0.05) is 12.3 Å². The quantitative estimate of drug-likeness (QED) is 0.0617. The van der Waals surface area contributed by atoms with Crippen LogP contribution in [0.15, 0.2) is 0 Å². The second-order valence-electron chi connectivity index (χ2n) is 7.78. The van der Waals surface area contributed by atoms with Crippen LogP contribution < -0.4 is 0 Å². The van der Waals surface area contributed by atoms with Gasteiger partial charge in [0.15, 0.2) is 0 Å². The van der Waals surface area contributed by atoms with Crippen molar-refractivity contribution >= 4 is 17.6 Å². The first kappa shape index (κ1) is 38.4. The summed E-state index contributed by atoms with van der Waals surface area (Å²) in [7, 11) is 0. The molecule has 0 heterocycles. The zero-order valence-corrected chi connectivity index (χ0v) is 24.5. The molecule has 0 fully saturated rings. The molecule has 0 aromatic rings. The maximum atomic E-state index is 11.2. The van der Waals surface area contributed by atoms with Crippen molar-refractivity contribution in [2.75, 3.05) is 145 Å². The van der Waals surface area contributed by atoms with Crippen LogP contribution in [0, 0.1) is 0 Å². The predicted octanol–water partition coefficient (Wildman–Crippen LogP) is 1.73. The lowest BCUT2D eigenvalue weighted by atomic mass is 10.3. The largest absolute Gasteiger partial charge is 0.463 e. The van der Waals surface area contributed by atoms with E-state index in [1.807, 2.05) is 6.92 Å². The fraction of sp³-hybridized carbons (Fsp3) is 0.962. The van der Waals surface area contributed by atoms with Gasteiger partial charge in [-0.1, -0.05) is 6.92 Å². The van der Waals surface area contributed by atoms with Crippen LogP contribution in [0.5, 0.6) is 0 Å². The number of halogens is 1. The highest BCUT2D eigenvalue weighted by atomic mass is 35.5. The molecular weight excluding hydrogens is 540 g/mol. The van der Waals surface area contributed by atoms with Crippen molar-refractivity contribution in [2.45, 2.75) is 19.8 Å². The minimum Gasteiger partial charge on any atom is -0.463 e. The van der Waals surface area contributed by atoms with Crippen LogP contribution >= 0.6 is 11.6 Å². The number of hydrogen-bond donors (Lipinski definition) is 0. The van der Waals surface area contributed by atoms with Crippen LogP contribution in [-0.4, -0.2) is 151 Å². The van der Waals surface area contributed by atoms with Crippen molar-refractivity contribution in [3.8, 4) is 0 Å². The van der Waals surface area contributed by atoms with E-state index in [4.69, 9.17) is 63.7 Å². The molecule has 0 spiro atoms. The topological polar surface area (TPSA) is 119 Å². The van der Waals surface area contributed by atoms with E-state index in [0.717, 1.165) is 6.42 Å². The van der Waals surface area contributed by atoms with Crippen molar-refractivity contribution in [3.05, 3.63) is 0 Å². The summed E-state index contributed by atoms with van der Waals surface area (Å²) in [6.45, 7) is 12.2. The van der Waals surface area contributed by atoms with Crippen LogP contribution in [0.1, 0.15) is 19.8 Å². The Bertz CT molecular complexity index is 476. The lowest BCUT2D eigenvalue weighted by molar-refractivity contribution is -0.145. The SMILES string of the molecule is CCCC(=O)OCCOCCOCCOCCOCCOCCOCCOCCOCCOCCOCCCl. The Balaban J connectivity index is 3.04. The lowest BCUT2D eigenvalue weighted by Crippen LogP contribution is -2.15. The van der Waals surface area contributed by atoms with Crippen LogP contribution in [0.25, 0.3) is 0 Å². The number of rotatable bonds is 34. The van der Waals surface area contributed by atoms with Gasteiger partial charge in [-0.2, -0.15) is 0 Å². The first-order valence-corrected chi connectivity index (χ1v) is 14.3. The average molecular weight is 591 g/mol. The number of esters is 1. The molecule has 0 saturated heterocycles. The Labute approximate surface area is 239 Å². The number of carbonyl (C=O) groups is 1. The summed E-state index contributed by atoms with van der Waals surface area (Å²) < 4.78 is 58.8. The molecule has 0 aromatic carbocycles. The second kappa shape index (κ2) is 35.4. The van der Waals surface area contributed by atoms with Crippen LogP contribution in [0.2, 0.25) is 0 Å². The molecule has 13 heteroatoms. The Morgan fingerprint density at radius 2 is 0.641 bits per heavy atom. The van der Waals surface area contributed by atoms with E-state index >= 15 is 0 Å². The first-order chi connectivity index (χ1) is 19.3. The molecule has 0 aliphatic heterocycles. The summed E-state index contributed by atoms with van der Waals surface area (Å²) in [6, 6.07) is 0. The van der Waals surface area contributed by atoms with E-state index < -0.39 is 0 Å². The molecule has 0 saturated carbocycles. The highest BCUT2D eigenvalue weighted by molar-refractivity contribution is 6.17. The normalized spacial score (nSPS) is 11.3. The number of ether oxygens (including phenoxy) is 11. The van der Waals surface area contributed by atoms with E-state index in [1.54, 1.807) is 0 Å². The molecule has 234 valence electrons. The number of alkyl halides is 1. The third-order valence-corrected chi connectivity index (χ3v) is 4.67. The van der Waals surface area contributed by atoms with Gasteiger partial charge in [-0.3, -0.25) is 4.79 Å². The molecule has 0 atom stereocenters. The molecule has 0 unspecified atom stereocenters. The van der Waals surface area contributed by atoms with Gasteiger partial charge in [-0.05, 0) is 6.42 Å². The Kier molecular flexibility index (Phi) is 34.8. The monoisotopic (exact) mass is 590 g/mol. The Morgan fingerprint density at radius 3 is 0.872 bits per heavy atom. The molecule has 0 aliphatic rings. The summed E-state index contributed by atoms with van der Waals surface area (Å²) in [4.78, 5) is 11.2. The van der Waals surface area contributed by atoms with E-state index in [-0.39, 0.29) is 12.6 Å². The standard InChI is InChI=1S/C26H51ClO12/c1-2-3-26(28)39-25-24-38-23-22-37-21-20-36-19-18-35-17-16-34-15-14-33-13-12-32-11-10-31-9-8-30-7-6-29-5-4-27/h2-25H2,1H3. The van der Waals surface area contributed by atoms with E-state index in [0.29, 0.717) is 144 Å². The molecule has 0 N–H and O–H groups in total. The lowest BCUT2D eigenvalue weighted by Gasteiger charge is -2.09. The molecular formula is C26H51ClO12. The summed E-state index contributed by atoms with van der Waals surface area (Å²) in [6.07, 6.45) is 1.23. The van der Waals surface area contributed by atoms with Gasteiger partial charge in [0.05, 0.1) is 132 Å². The van der Waals surface area contributed by atoms with Crippen molar-refractivity contribution in [1.29, 1.82) is 0 Å². The number of hydrogen-bond acceptors (Lipinski definition) is 12. The van der Waals surface area contributed by atoms with Gasteiger partial charge in [-0.15, -0.1) is 11.6 Å². The third kappa shape index (κ3) is 35.3. The smallest absolute Gasteiger partial charge is 0.305 e. The first-order valence-electron chi connectivity index (χ1n) is 13.8. The third-order valence-electron chi connectivity index (χ3n) is 4.51. The highest BCUT2D eigenvalue weighted by Gasteiger charge is 2.00. The maximum Gasteiger partial charge on any atom is 0.305 e. The fourth-order valence-corrected chi connectivity index (χ4v) is 2.74. The van der Waals surface area contributed by atoms with E-state index in [9.17, 15) is 4.79 Å². The zero-order chi connectivity index (χ0) is 28.3. The molecule has 0 radical (unpaired) electrons. The molecule has 0 aliphatic carbocycles. The van der Waals surface area contributed by atoms with Crippen LogP contribution in [-0.2, 0) is 56.9 Å². The van der Waals surface area contributed by atoms with E-state index in [1.165, 1.54) is 0 Å². The Morgan fingerprint density at radius 1 is 0.410 bits per heavy atom. The van der Waals surface area contributed by atoms with Crippen molar-refractivity contribution < 1.29 is 56.9 Å². The predicted molar refractivity (Wildman–Crippen MR) is 145 cm³/mol. The average Bonchev–Trinajstić information content (AvgIpc) is 2.94. The van der Waals surface area contributed by atoms with E-state index in [2.05, 4.69) is 0 Å². The molecule has 0 aromatic heterocycles. The summed E-state index contributed by atoms with van der Waals surface area (Å²) in [5.74, 6) is 0.308. The second-order valence-corrected chi connectivity index (χ2v) is 8.16. The van der Waals surface area contributed by atoms with Gasteiger partial charge < -0.3 is 52.1 Å². The van der Waals surface area contributed by atoms with Crippen molar-refractivity contribution in [2.24, 2.45) is 0 Å². The summed E-state index contributed by atoms with van der Waals surface area (Å²) in [5, 5.41) is 0. The fourth-order valence-electron chi connectivity index (χ4n) is 2.63. The van der Waals surface area contributed by atoms with Gasteiger partial charge in [0.2, 0.25) is 0 Å². The van der Waals surface area contributed by atoms with Crippen LogP contribution in [0.3, 0.4) is 0 Å². The molecule has 0 rings (SSSR count). The minimum absolute atomic E-state index is 0.188. The Hall–Kier alpha value is -0.640.